The van der Waals surface area contributed by atoms with Crippen molar-refractivity contribution in [2.45, 2.75) is 5.75 Å². The highest BCUT2D eigenvalue weighted by molar-refractivity contribution is 8.25. The molecule has 1 aliphatic heterocycles. The Balaban J connectivity index is 1.88. The van der Waals surface area contributed by atoms with Crippen molar-refractivity contribution in [1.82, 2.24) is 14.9 Å². The number of hydrogen-bond donors (Lipinski definition) is 4. The van der Waals surface area contributed by atoms with Crippen LogP contribution < -0.4 is 10.5 Å². The molecule has 0 unspecified atom stereocenters. The smallest absolute Gasteiger partial charge is 0.271 e. The van der Waals surface area contributed by atoms with Gasteiger partial charge in [0.15, 0.2) is 0 Å². The molecule has 0 saturated carbocycles. The summed E-state index contributed by atoms with van der Waals surface area (Å²) < 4.78 is 22.5. The number of carbonyl (C=O) groups is 1. The van der Waals surface area contributed by atoms with Crippen molar-refractivity contribution >= 4 is 39.1 Å². The van der Waals surface area contributed by atoms with Gasteiger partial charge in [0.05, 0.1) is 17.0 Å². The van der Waals surface area contributed by atoms with Crippen LogP contribution in [0.2, 0.25) is 0 Å². The number of nitrogens with one attached hydrogen (secondary N) is 1. The number of fused-ring (bicyclic) bond motifs is 2. The second-order valence-corrected chi connectivity index (χ2v) is 8.46. The first-order chi connectivity index (χ1) is 12.7. The number of nitrogens with zero attached hydrogens (tertiary/aromatic N) is 3. The number of amides is 1. The highest BCUT2D eigenvalue weighted by Crippen LogP contribution is 2.51. The molecule has 1 aliphatic rings. The van der Waals surface area contributed by atoms with E-state index in [9.17, 15) is 13.9 Å². The van der Waals surface area contributed by atoms with E-state index in [1.54, 1.807) is 38.5 Å². The molecule has 140 valence electrons. The first kappa shape index (κ1) is 17.5. The van der Waals surface area contributed by atoms with Gasteiger partial charge < -0.3 is 10.6 Å². The van der Waals surface area contributed by atoms with Gasteiger partial charge >= 0.3 is 0 Å². The van der Waals surface area contributed by atoms with Gasteiger partial charge in [0.2, 0.25) is 0 Å². The summed E-state index contributed by atoms with van der Waals surface area (Å²) in [4.78, 5) is 22.5. The number of pyridine rings is 2. The molecule has 5 N–H and O–H groups in total. The summed E-state index contributed by atoms with van der Waals surface area (Å²) >= 11 is 0. The van der Waals surface area contributed by atoms with Crippen molar-refractivity contribution in [1.29, 1.82) is 0 Å². The fraction of sp³-hybridized carbons (Fsp3) is 0.167. The molecule has 0 radical (unpaired) electrons. The van der Waals surface area contributed by atoms with Crippen molar-refractivity contribution < 1.29 is 13.9 Å². The molecule has 0 fully saturated rings. The number of rotatable bonds is 2. The highest BCUT2D eigenvalue weighted by atomic mass is 32.3. The Hall–Kier alpha value is -2.88. The molecule has 4 rings (SSSR count). The van der Waals surface area contributed by atoms with Gasteiger partial charge in [-0.05, 0) is 35.4 Å². The van der Waals surface area contributed by atoms with Gasteiger partial charge in [-0.2, -0.15) is 0 Å². The maximum absolute atomic E-state index is 12.3. The Labute approximate surface area is 157 Å². The Morgan fingerprint density at radius 1 is 1.26 bits per heavy atom. The Kier molecular flexibility index (Phi) is 3.95. The lowest BCUT2D eigenvalue weighted by Crippen LogP contribution is -2.22. The summed E-state index contributed by atoms with van der Waals surface area (Å²) in [5, 5.41) is 0.658. The van der Waals surface area contributed by atoms with Gasteiger partial charge in [-0.25, -0.2) is 9.97 Å². The molecule has 2 aromatic heterocycles. The third kappa shape index (κ3) is 3.05. The van der Waals surface area contributed by atoms with E-state index < -0.39 is 10.8 Å². The topological polar surface area (TPSA) is 125 Å². The molecule has 1 aromatic carbocycles. The van der Waals surface area contributed by atoms with Crippen LogP contribution in [0.15, 0.2) is 36.5 Å². The molecule has 3 heterocycles. The Morgan fingerprint density at radius 2 is 2.04 bits per heavy atom. The molecule has 1 amide bonds. The monoisotopic (exact) mass is 385 g/mol. The van der Waals surface area contributed by atoms with Crippen molar-refractivity contribution in [3.8, 4) is 11.1 Å². The predicted molar refractivity (Wildman–Crippen MR) is 108 cm³/mol. The molecule has 0 atom stereocenters. The second kappa shape index (κ2) is 6.08. The zero-order valence-corrected chi connectivity index (χ0v) is 15.6. The summed E-state index contributed by atoms with van der Waals surface area (Å²) in [5.74, 6) is 0.279. The third-order valence-corrected chi connectivity index (χ3v) is 5.69. The van der Waals surface area contributed by atoms with Crippen molar-refractivity contribution in [2.24, 2.45) is 0 Å². The average molecular weight is 385 g/mol. The average Bonchev–Trinajstić information content (AvgIpc) is 2.93. The van der Waals surface area contributed by atoms with E-state index in [1.165, 1.54) is 4.90 Å². The van der Waals surface area contributed by atoms with E-state index in [2.05, 4.69) is 14.7 Å². The van der Waals surface area contributed by atoms with Crippen LogP contribution in [0.4, 0.5) is 11.5 Å². The highest BCUT2D eigenvalue weighted by Gasteiger charge is 2.25. The maximum Gasteiger partial charge on any atom is 0.271 e. The molecular weight excluding hydrogens is 366 g/mol. The molecule has 3 aromatic rings. The summed E-state index contributed by atoms with van der Waals surface area (Å²) in [6.45, 7) is 0. The minimum atomic E-state index is -2.83. The van der Waals surface area contributed by atoms with Crippen LogP contribution in [-0.2, 0) is 5.75 Å². The van der Waals surface area contributed by atoms with Crippen molar-refractivity contribution in [2.75, 3.05) is 24.6 Å². The molecule has 27 heavy (non-hydrogen) atoms. The Bertz CT molecular complexity index is 1080. The summed E-state index contributed by atoms with van der Waals surface area (Å²) in [6, 6.07) is 8.90. The zero-order valence-electron chi connectivity index (χ0n) is 14.8. The van der Waals surface area contributed by atoms with Crippen LogP contribution in [0, 0.1) is 0 Å². The van der Waals surface area contributed by atoms with Crippen LogP contribution in [0.1, 0.15) is 16.1 Å². The van der Waals surface area contributed by atoms with Crippen LogP contribution in [-0.4, -0.2) is 44.0 Å². The van der Waals surface area contributed by atoms with Gasteiger partial charge in [-0.15, -0.1) is 10.8 Å². The van der Waals surface area contributed by atoms with E-state index in [0.29, 0.717) is 28.1 Å². The predicted octanol–water partition coefficient (Wildman–Crippen LogP) is 3.17. The fourth-order valence-corrected chi connectivity index (χ4v) is 4.40. The largest absolute Gasteiger partial charge is 0.383 e. The molecule has 0 bridgehead atoms. The summed E-state index contributed by atoms with van der Waals surface area (Å²) in [6.07, 6.45) is 1.62. The van der Waals surface area contributed by atoms with Gasteiger partial charge in [-0.1, -0.05) is 6.07 Å². The number of carbonyl (C=O) groups excluding carboxylic acids is 1. The fourth-order valence-electron chi connectivity index (χ4n) is 3.10. The maximum atomic E-state index is 12.3. The molecule has 0 spiro atoms. The number of aromatic nitrogens is 2. The quantitative estimate of drug-likeness (QED) is 0.534. The van der Waals surface area contributed by atoms with Crippen LogP contribution in [0.3, 0.4) is 0 Å². The van der Waals surface area contributed by atoms with E-state index in [1.807, 2.05) is 12.1 Å². The molecular formula is C18H19N5O3S. The number of hydrogen-bond acceptors (Lipinski definition) is 7. The standard InChI is InChI=1S/C18H19N5O3S/c1-23(2)18(24)15-6-4-12-16(21-15)13(8-20-17(12)19)10-3-5-14-11(7-10)9-27(25,26)22-14/h3-8,22,25-26H,9H2,1-2H3,(H2,19,20). The van der Waals surface area contributed by atoms with Gasteiger partial charge in [-0.3, -0.25) is 18.6 Å². The number of anilines is 2. The van der Waals surface area contributed by atoms with Crippen LogP contribution in [0.5, 0.6) is 0 Å². The van der Waals surface area contributed by atoms with E-state index >= 15 is 0 Å². The van der Waals surface area contributed by atoms with Gasteiger partial charge in [0.25, 0.3) is 5.91 Å². The van der Waals surface area contributed by atoms with Gasteiger partial charge in [0.1, 0.15) is 11.5 Å². The lowest BCUT2D eigenvalue weighted by atomic mass is 10.0. The van der Waals surface area contributed by atoms with Crippen molar-refractivity contribution in [3.63, 3.8) is 0 Å². The summed E-state index contributed by atoms with van der Waals surface area (Å²) in [5.41, 5.74) is 9.92. The molecule has 8 nitrogen and oxygen atoms in total. The van der Waals surface area contributed by atoms with E-state index in [4.69, 9.17) is 5.73 Å². The number of benzene rings is 1. The zero-order chi connectivity index (χ0) is 19.3. The van der Waals surface area contributed by atoms with Gasteiger partial charge in [0, 0.05) is 31.2 Å². The molecule has 9 heteroatoms. The molecule has 0 saturated heterocycles. The first-order valence-electron chi connectivity index (χ1n) is 8.19. The first-order valence-corrected chi connectivity index (χ1v) is 9.90. The SMILES string of the molecule is CN(C)C(=O)c1ccc2c(N)ncc(-c3ccc4c(c3)CS(O)(O)N4)c2n1. The summed E-state index contributed by atoms with van der Waals surface area (Å²) in [7, 11) is 0.505. The van der Waals surface area contributed by atoms with E-state index in [0.717, 1.165) is 16.7 Å². The third-order valence-electron chi connectivity index (χ3n) is 4.43. The Morgan fingerprint density at radius 3 is 2.78 bits per heavy atom. The van der Waals surface area contributed by atoms with Crippen LogP contribution in [0.25, 0.3) is 22.0 Å². The normalized spacial score (nSPS) is 15.9. The number of nitrogens with two attached hydrogens (primary N) is 1. The van der Waals surface area contributed by atoms with E-state index in [-0.39, 0.29) is 11.7 Å². The second-order valence-electron chi connectivity index (χ2n) is 6.63. The minimum absolute atomic E-state index is 0.147. The van der Waals surface area contributed by atoms with Crippen LogP contribution >= 0.6 is 10.8 Å². The lowest BCUT2D eigenvalue weighted by Gasteiger charge is -2.26. The molecule has 0 aliphatic carbocycles. The number of nitrogen functional groups attached to an aromatic ring is 1. The van der Waals surface area contributed by atoms with Crippen molar-refractivity contribution in [3.05, 3.63) is 47.8 Å². The lowest BCUT2D eigenvalue weighted by molar-refractivity contribution is 0.0822. The minimum Gasteiger partial charge on any atom is -0.383 e.